The summed E-state index contributed by atoms with van der Waals surface area (Å²) >= 11 is 0. The molecule has 4 nitrogen and oxygen atoms in total. The molecule has 0 aliphatic rings. The van der Waals surface area contributed by atoms with Gasteiger partial charge in [-0.1, -0.05) is 84.9 Å². The number of carbonyl (C=O) groups is 2. The Balaban J connectivity index is 1.43. The molecule has 0 aliphatic heterocycles. The van der Waals surface area contributed by atoms with E-state index in [1.54, 1.807) is 24.3 Å². The zero-order valence-electron chi connectivity index (χ0n) is 20.2. The van der Waals surface area contributed by atoms with Crippen molar-refractivity contribution in [3.05, 3.63) is 132 Å². The number of benzene rings is 7. The highest BCUT2D eigenvalue weighted by Crippen LogP contribution is 2.42. The summed E-state index contributed by atoms with van der Waals surface area (Å²) in [5.74, 6) is 0.205. The van der Waals surface area contributed by atoms with Crippen molar-refractivity contribution in [3.63, 3.8) is 0 Å². The second-order valence-electron chi connectivity index (χ2n) is 9.18. The topological polar surface area (TPSA) is 52.6 Å². The monoisotopic (exact) mass is 492 g/mol. The van der Waals surface area contributed by atoms with Gasteiger partial charge in [0.2, 0.25) is 0 Å². The number of hydrogen-bond donors (Lipinski definition) is 0. The summed E-state index contributed by atoms with van der Waals surface area (Å²) < 4.78 is 11.3. The van der Waals surface area contributed by atoms with E-state index >= 15 is 0 Å². The molecule has 0 N–H and O–H groups in total. The lowest BCUT2D eigenvalue weighted by Gasteiger charge is -2.17. The van der Waals surface area contributed by atoms with Crippen LogP contribution in [0, 0.1) is 0 Å². The molecule has 7 aromatic rings. The van der Waals surface area contributed by atoms with Crippen LogP contribution in [0.15, 0.2) is 121 Å². The average molecular weight is 493 g/mol. The molecule has 0 heterocycles. The van der Waals surface area contributed by atoms with Gasteiger partial charge in [-0.3, -0.25) is 0 Å². The molecule has 0 amide bonds. The summed E-state index contributed by atoms with van der Waals surface area (Å²) in [7, 11) is 0. The summed E-state index contributed by atoms with van der Waals surface area (Å²) in [5.41, 5.74) is 1.02. The first-order chi connectivity index (χ1) is 18.7. The molecule has 0 aromatic heterocycles. The smallest absolute Gasteiger partial charge is 0.344 e. The van der Waals surface area contributed by atoms with Crippen LogP contribution in [0.3, 0.4) is 0 Å². The normalized spacial score (nSPS) is 11.4. The molecule has 180 valence electrons. The van der Waals surface area contributed by atoms with E-state index in [2.05, 4.69) is 12.1 Å². The Morgan fingerprint density at radius 3 is 1.16 bits per heavy atom. The van der Waals surface area contributed by atoms with Gasteiger partial charge in [0, 0.05) is 0 Å². The van der Waals surface area contributed by atoms with Gasteiger partial charge in [0.15, 0.2) is 0 Å². The maximum Gasteiger partial charge on any atom is 0.344 e. The number of para-hydroxylation sites is 2. The predicted octanol–water partition coefficient (Wildman–Crippen LogP) is 8.18. The first-order valence-corrected chi connectivity index (χ1v) is 12.4. The second-order valence-corrected chi connectivity index (χ2v) is 9.18. The lowest BCUT2D eigenvalue weighted by molar-refractivity contribution is 0.0727. The number of carbonyl (C=O) groups excluding carboxylic acids is 2. The summed E-state index contributed by atoms with van der Waals surface area (Å²) in [6.45, 7) is 0. The zero-order chi connectivity index (χ0) is 25.6. The van der Waals surface area contributed by atoms with Gasteiger partial charge in [0.05, 0.1) is 11.1 Å². The van der Waals surface area contributed by atoms with Crippen molar-refractivity contribution in [2.24, 2.45) is 0 Å². The number of ether oxygens (including phenoxy) is 2. The molecule has 7 aromatic carbocycles. The van der Waals surface area contributed by atoms with Crippen LogP contribution in [0.2, 0.25) is 0 Å². The molecule has 0 spiro atoms. The molecule has 0 saturated carbocycles. The van der Waals surface area contributed by atoms with E-state index in [9.17, 15) is 9.59 Å². The van der Waals surface area contributed by atoms with Crippen molar-refractivity contribution in [2.75, 3.05) is 0 Å². The van der Waals surface area contributed by atoms with E-state index in [-0.39, 0.29) is 0 Å². The minimum absolute atomic E-state index is 0.400. The Morgan fingerprint density at radius 1 is 0.368 bits per heavy atom. The molecule has 7 rings (SSSR count). The third-order valence-corrected chi connectivity index (χ3v) is 7.01. The summed E-state index contributed by atoms with van der Waals surface area (Å²) in [6, 6.07) is 37.7. The average Bonchev–Trinajstić information content (AvgIpc) is 2.96. The van der Waals surface area contributed by atoms with Crippen LogP contribution in [0.1, 0.15) is 20.7 Å². The number of hydrogen-bond acceptors (Lipinski definition) is 4. The van der Waals surface area contributed by atoms with Crippen LogP contribution in [-0.2, 0) is 0 Å². The molecule has 38 heavy (non-hydrogen) atoms. The number of rotatable bonds is 4. The van der Waals surface area contributed by atoms with E-state index in [0.29, 0.717) is 22.6 Å². The van der Waals surface area contributed by atoms with Gasteiger partial charge in [-0.25, -0.2) is 9.59 Å². The van der Waals surface area contributed by atoms with E-state index in [1.807, 2.05) is 84.9 Å². The standard InChI is InChI=1S/C34H20O4/c35-33(37-21-9-3-1-4-10-21)29-19-17-27-24-14-8-16-26-30(34(36)38-22-11-5-2-6-12-22)20-18-28(32(24)26)23-13-7-15-25(29)31(23)27/h1-20H. The second kappa shape index (κ2) is 8.71. The summed E-state index contributed by atoms with van der Waals surface area (Å²) in [6.07, 6.45) is 0. The van der Waals surface area contributed by atoms with Crippen molar-refractivity contribution >= 4 is 55.0 Å². The summed E-state index contributed by atoms with van der Waals surface area (Å²) in [4.78, 5) is 26.4. The molecular weight excluding hydrogens is 472 g/mol. The van der Waals surface area contributed by atoms with Gasteiger partial charge in [0.25, 0.3) is 0 Å². The van der Waals surface area contributed by atoms with E-state index < -0.39 is 11.9 Å². The Bertz CT molecular complexity index is 1830. The van der Waals surface area contributed by atoms with E-state index in [0.717, 1.165) is 43.1 Å². The molecule has 0 aliphatic carbocycles. The fraction of sp³-hybridized carbons (Fsp3) is 0. The largest absolute Gasteiger partial charge is 0.423 e. The van der Waals surface area contributed by atoms with Crippen molar-refractivity contribution in [1.29, 1.82) is 0 Å². The molecule has 0 fully saturated rings. The Kier molecular flexibility index (Phi) is 5.05. The fourth-order valence-corrected chi connectivity index (χ4v) is 5.37. The van der Waals surface area contributed by atoms with Crippen LogP contribution in [0.5, 0.6) is 11.5 Å². The van der Waals surface area contributed by atoms with Crippen molar-refractivity contribution < 1.29 is 19.1 Å². The number of fused-ring (bicyclic) bond motifs is 2. The van der Waals surface area contributed by atoms with Crippen LogP contribution in [0.25, 0.3) is 43.1 Å². The Labute approximate surface area is 218 Å². The van der Waals surface area contributed by atoms with Gasteiger partial charge >= 0.3 is 11.9 Å². The Morgan fingerprint density at radius 2 is 0.737 bits per heavy atom. The molecule has 0 radical (unpaired) electrons. The lowest BCUT2D eigenvalue weighted by atomic mass is 9.87. The van der Waals surface area contributed by atoms with Gasteiger partial charge in [-0.05, 0) is 79.5 Å². The highest BCUT2D eigenvalue weighted by molar-refractivity contribution is 6.35. The highest BCUT2D eigenvalue weighted by atomic mass is 16.5. The first kappa shape index (κ1) is 22.0. The van der Waals surface area contributed by atoms with Gasteiger partial charge in [-0.15, -0.1) is 0 Å². The van der Waals surface area contributed by atoms with E-state index in [4.69, 9.17) is 9.47 Å². The van der Waals surface area contributed by atoms with Crippen LogP contribution >= 0.6 is 0 Å². The number of esters is 2. The van der Waals surface area contributed by atoms with Gasteiger partial charge in [0.1, 0.15) is 11.5 Å². The Hall–Kier alpha value is -5.22. The first-order valence-electron chi connectivity index (χ1n) is 12.4. The van der Waals surface area contributed by atoms with Crippen LogP contribution in [-0.4, -0.2) is 11.9 Å². The molecule has 0 unspecified atom stereocenters. The van der Waals surface area contributed by atoms with Crippen LogP contribution in [0.4, 0.5) is 0 Å². The molecule has 4 heteroatoms. The quantitative estimate of drug-likeness (QED) is 0.108. The maximum absolute atomic E-state index is 13.2. The summed E-state index contributed by atoms with van der Waals surface area (Å²) in [5, 5.41) is 7.70. The van der Waals surface area contributed by atoms with Crippen LogP contribution < -0.4 is 9.47 Å². The maximum atomic E-state index is 13.2. The zero-order valence-corrected chi connectivity index (χ0v) is 20.2. The van der Waals surface area contributed by atoms with Crippen molar-refractivity contribution in [1.82, 2.24) is 0 Å². The van der Waals surface area contributed by atoms with Crippen molar-refractivity contribution in [2.45, 2.75) is 0 Å². The lowest BCUT2D eigenvalue weighted by Crippen LogP contribution is -2.10. The molecule has 0 saturated heterocycles. The molecular formula is C34H20O4. The van der Waals surface area contributed by atoms with Crippen molar-refractivity contribution in [3.8, 4) is 11.5 Å². The SMILES string of the molecule is O=C(Oc1ccccc1)c1ccc2c3cccc4c(C(=O)Oc5ccccc5)ccc(c5cccc1c52)c43. The third-order valence-electron chi connectivity index (χ3n) is 7.01. The van der Waals surface area contributed by atoms with Gasteiger partial charge < -0.3 is 9.47 Å². The van der Waals surface area contributed by atoms with E-state index in [1.165, 1.54) is 0 Å². The molecule has 0 bridgehead atoms. The molecule has 0 atom stereocenters. The third kappa shape index (κ3) is 3.46. The minimum Gasteiger partial charge on any atom is -0.423 e. The minimum atomic E-state index is -0.400. The van der Waals surface area contributed by atoms with Gasteiger partial charge in [-0.2, -0.15) is 0 Å². The highest BCUT2D eigenvalue weighted by Gasteiger charge is 2.21. The predicted molar refractivity (Wildman–Crippen MR) is 150 cm³/mol. The fourth-order valence-electron chi connectivity index (χ4n) is 5.37.